The molecule has 4 heteroatoms. The minimum atomic E-state index is 0.586. The van der Waals surface area contributed by atoms with E-state index in [1.807, 2.05) is 18.2 Å². The summed E-state index contributed by atoms with van der Waals surface area (Å²) in [5.41, 5.74) is 0. The molecule has 1 aromatic carbocycles. The number of benzene rings is 1. The number of ether oxygens (including phenoxy) is 1. The highest BCUT2D eigenvalue weighted by molar-refractivity contribution is 9.10. The first-order valence-corrected chi connectivity index (χ1v) is 8.08. The molecule has 0 radical (unpaired) electrons. The summed E-state index contributed by atoms with van der Waals surface area (Å²) in [5.74, 6) is 0.770. The summed E-state index contributed by atoms with van der Waals surface area (Å²) in [5, 5.41) is 4.08. The van der Waals surface area contributed by atoms with Crippen LogP contribution in [0, 0.1) is 0 Å². The Morgan fingerprint density at radius 2 is 1.95 bits per heavy atom. The summed E-state index contributed by atoms with van der Waals surface area (Å²) in [7, 11) is 0. The molecule has 0 fully saturated rings. The zero-order valence-corrected chi connectivity index (χ0v) is 14.1. The van der Waals surface area contributed by atoms with Gasteiger partial charge in [-0.15, -0.1) is 0 Å². The highest BCUT2D eigenvalue weighted by Gasteiger charge is 2.01. The molecule has 0 aliphatic rings. The molecule has 1 rings (SSSR count). The molecule has 19 heavy (non-hydrogen) atoms. The molecule has 0 saturated heterocycles. The van der Waals surface area contributed by atoms with Gasteiger partial charge in [0.15, 0.2) is 0 Å². The molecule has 0 saturated carbocycles. The molecule has 0 aromatic heterocycles. The van der Waals surface area contributed by atoms with Crippen LogP contribution < -0.4 is 10.1 Å². The summed E-state index contributed by atoms with van der Waals surface area (Å²) in [6.45, 7) is 6.20. The Morgan fingerprint density at radius 1 is 1.21 bits per heavy atom. The van der Waals surface area contributed by atoms with E-state index in [0.717, 1.165) is 29.8 Å². The Morgan fingerprint density at radius 3 is 2.63 bits per heavy atom. The van der Waals surface area contributed by atoms with Crippen molar-refractivity contribution in [2.24, 2.45) is 0 Å². The van der Waals surface area contributed by atoms with Crippen molar-refractivity contribution < 1.29 is 4.74 Å². The van der Waals surface area contributed by atoms with Crippen molar-refractivity contribution >= 4 is 27.5 Å². The fraction of sp³-hybridized carbons (Fsp3) is 0.600. The maximum absolute atomic E-state index is 6.08. The van der Waals surface area contributed by atoms with Gasteiger partial charge in [-0.3, -0.25) is 0 Å². The van der Waals surface area contributed by atoms with Crippen LogP contribution in [0.5, 0.6) is 5.75 Å². The maximum atomic E-state index is 6.08. The van der Waals surface area contributed by atoms with Gasteiger partial charge in [0.2, 0.25) is 0 Å². The number of halogens is 2. The highest BCUT2D eigenvalue weighted by atomic mass is 79.9. The largest absolute Gasteiger partial charge is 0.492 e. The van der Waals surface area contributed by atoms with Crippen LogP contribution in [0.1, 0.15) is 39.5 Å². The molecule has 1 aromatic rings. The van der Waals surface area contributed by atoms with Crippen molar-refractivity contribution in [2.75, 3.05) is 13.2 Å². The standard InChI is InChI=1S/C15H23BrClNO/c1-12(2)18-9-5-3-4-6-10-19-15-8-7-13(16)11-14(15)17/h7-8,11-12,18H,3-6,9-10H2,1-2H3. The molecule has 1 N–H and O–H groups in total. The first kappa shape index (κ1) is 16.8. The molecule has 0 heterocycles. The Bertz CT molecular complexity index is 371. The smallest absolute Gasteiger partial charge is 0.137 e. The Kier molecular flexibility index (Phi) is 8.51. The third-order valence-corrected chi connectivity index (χ3v) is 3.56. The van der Waals surface area contributed by atoms with Crippen molar-refractivity contribution in [3.05, 3.63) is 27.7 Å². The average Bonchev–Trinajstić information content (AvgIpc) is 2.34. The van der Waals surface area contributed by atoms with E-state index in [9.17, 15) is 0 Å². The second-order valence-corrected chi connectivity index (χ2v) is 6.27. The summed E-state index contributed by atoms with van der Waals surface area (Å²) >= 11 is 9.45. The van der Waals surface area contributed by atoms with Gasteiger partial charge in [-0.25, -0.2) is 0 Å². The molecule has 0 atom stereocenters. The van der Waals surface area contributed by atoms with Crippen LogP contribution in [-0.4, -0.2) is 19.2 Å². The zero-order valence-electron chi connectivity index (χ0n) is 11.7. The van der Waals surface area contributed by atoms with Gasteiger partial charge in [0, 0.05) is 10.5 Å². The predicted octanol–water partition coefficient (Wildman–Crippen LogP) is 5.04. The van der Waals surface area contributed by atoms with E-state index in [4.69, 9.17) is 16.3 Å². The summed E-state index contributed by atoms with van der Waals surface area (Å²) < 4.78 is 6.64. The minimum Gasteiger partial charge on any atom is -0.492 e. The zero-order chi connectivity index (χ0) is 14.1. The lowest BCUT2D eigenvalue weighted by molar-refractivity contribution is 0.304. The van der Waals surface area contributed by atoms with E-state index in [2.05, 4.69) is 35.1 Å². The Labute approximate surface area is 130 Å². The van der Waals surface area contributed by atoms with Crippen molar-refractivity contribution in [3.63, 3.8) is 0 Å². The van der Waals surface area contributed by atoms with Gasteiger partial charge < -0.3 is 10.1 Å². The van der Waals surface area contributed by atoms with E-state index in [1.165, 1.54) is 19.3 Å². The number of hydrogen-bond acceptors (Lipinski definition) is 2. The van der Waals surface area contributed by atoms with Gasteiger partial charge in [-0.1, -0.05) is 54.2 Å². The third kappa shape index (κ3) is 7.81. The Hall–Kier alpha value is -0.250. The van der Waals surface area contributed by atoms with Crippen LogP contribution in [0.4, 0.5) is 0 Å². The number of nitrogens with one attached hydrogen (secondary N) is 1. The minimum absolute atomic E-state index is 0.586. The van der Waals surface area contributed by atoms with Gasteiger partial charge >= 0.3 is 0 Å². The molecular formula is C15H23BrClNO. The van der Waals surface area contributed by atoms with Crippen LogP contribution in [0.2, 0.25) is 5.02 Å². The van der Waals surface area contributed by atoms with Gasteiger partial charge in [0.25, 0.3) is 0 Å². The van der Waals surface area contributed by atoms with Gasteiger partial charge in [-0.05, 0) is 37.6 Å². The summed E-state index contributed by atoms with van der Waals surface area (Å²) in [4.78, 5) is 0. The maximum Gasteiger partial charge on any atom is 0.137 e. The quantitative estimate of drug-likeness (QED) is 0.631. The predicted molar refractivity (Wildman–Crippen MR) is 86.3 cm³/mol. The fourth-order valence-electron chi connectivity index (χ4n) is 1.75. The van der Waals surface area contributed by atoms with Crippen molar-refractivity contribution in [2.45, 2.75) is 45.6 Å². The third-order valence-electron chi connectivity index (χ3n) is 2.78. The molecular weight excluding hydrogens is 326 g/mol. The summed E-state index contributed by atoms with van der Waals surface area (Å²) in [6.07, 6.45) is 4.76. The fourth-order valence-corrected chi connectivity index (χ4v) is 2.47. The van der Waals surface area contributed by atoms with E-state index >= 15 is 0 Å². The van der Waals surface area contributed by atoms with E-state index in [-0.39, 0.29) is 0 Å². The molecule has 0 amide bonds. The molecule has 0 bridgehead atoms. The number of rotatable bonds is 9. The molecule has 0 aliphatic carbocycles. The van der Waals surface area contributed by atoms with Crippen LogP contribution >= 0.6 is 27.5 Å². The Balaban J connectivity index is 2.04. The number of hydrogen-bond donors (Lipinski definition) is 1. The van der Waals surface area contributed by atoms with Gasteiger partial charge in [-0.2, -0.15) is 0 Å². The van der Waals surface area contributed by atoms with Gasteiger partial charge in [0.05, 0.1) is 11.6 Å². The lowest BCUT2D eigenvalue weighted by atomic mass is 10.2. The van der Waals surface area contributed by atoms with E-state index < -0.39 is 0 Å². The molecule has 108 valence electrons. The first-order valence-electron chi connectivity index (χ1n) is 6.91. The van der Waals surface area contributed by atoms with Crippen molar-refractivity contribution in [1.29, 1.82) is 0 Å². The lowest BCUT2D eigenvalue weighted by Gasteiger charge is -2.09. The summed E-state index contributed by atoms with van der Waals surface area (Å²) in [6, 6.07) is 6.29. The van der Waals surface area contributed by atoms with E-state index in [0.29, 0.717) is 11.1 Å². The van der Waals surface area contributed by atoms with Crippen LogP contribution in [-0.2, 0) is 0 Å². The van der Waals surface area contributed by atoms with Crippen LogP contribution in [0.15, 0.2) is 22.7 Å². The second-order valence-electron chi connectivity index (χ2n) is 4.95. The second kappa shape index (κ2) is 9.62. The first-order chi connectivity index (χ1) is 9.09. The van der Waals surface area contributed by atoms with Crippen molar-refractivity contribution in [1.82, 2.24) is 5.32 Å². The van der Waals surface area contributed by atoms with Crippen LogP contribution in [0.3, 0.4) is 0 Å². The monoisotopic (exact) mass is 347 g/mol. The average molecular weight is 349 g/mol. The molecule has 0 spiro atoms. The number of unbranched alkanes of at least 4 members (excludes halogenated alkanes) is 3. The van der Waals surface area contributed by atoms with E-state index in [1.54, 1.807) is 0 Å². The SMILES string of the molecule is CC(C)NCCCCCCOc1ccc(Br)cc1Cl. The van der Waals surface area contributed by atoms with Crippen molar-refractivity contribution in [3.8, 4) is 5.75 Å². The van der Waals surface area contributed by atoms with Gasteiger partial charge in [0.1, 0.15) is 5.75 Å². The molecule has 0 unspecified atom stereocenters. The van der Waals surface area contributed by atoms with Crippen LogP contribution in [0.25, 0.3) is 0 Å². The normalized spacial score (nSPS) is 11.0. The highest BCUT2D eigenvalue weighted by Crippen LogP contribution is 2.27. The molecule has 0 aliphatic heterocycles. The lowest BCUT2D eigenvalue weighted by Crippen LogP contribution is -2.23. The topological polar surface area (TPSA) is 21.3 Å². The molecule has 2 nitrogen and oxygen atoms in total.